The van der Waals surface area contributed by atoms with Crippen LogP contribution in [0.25, 0.3) is 54.9 Å². The van der Waals surface area contributed by atoms with E-state index in [-0.39, 0.29) is 27.1 Å². The van der Waals surface area contributed by atoms with Crippen molar-refractivity contribution >= 4 is 60.9 Å². The van der Waals surface area contributed by atoms with Crippen molar-refractivity contribution in [1.82, 2.24) is 49.8 Å². The summed E-state index contributed by atoms with van der Waals surface area (Å²) < 4.78 is 0. The van der Waals surface area contributed by atoms with Crippen LogP contribution in [0, 0.1) is 0 Å². The van der Waals surface area contributed by atoms with E-state index in [2.05, 4.69) is 202 Å². The highest BCUT2D eigenvalue weighted by Gasteiger charge is 2.19. The maximum Gasteiger partial charge on any atom is 0.198 e. The smallest absolute Gasteiger partial charge is 0.198 e. The molecule has 9 heterocycles. The topological polar surface area (TPSA) is 169 Å². The molecule has 346 valence electrons. The van der Waals surface area contributed by atoms with Gasteiger partial charge in [0.05, 0.1) is 33.8 Å². The molecule has 0 saturated carbocycles. The number of imidazole rings is 1. The number of pyridine rings is 4. The number of H-pyrrole nitrogens is 5. The van der Waals surface area contributed by atoms with Gasteiger partial charge in [-0.05, 0) is 83.8 Å². The second-order valence-corrected chi connectivity index (χ2v) is 22.1. The molecule has 1 aromatic carbocycles. The SMILES string of the molecule is CC(C)(C)c1cc2cccnc2[nH]1.CC(C)(C)c1cc2ccncc2[nH]1.CC(C)(C)c1cc2cnccc2[nH]1.CC(C)(C)c1cc2ncccc2[nH]1.CC(C)(C)c1ccc2nc(N)[nH]c2c1. The molecule has 10 aromatic rings. The molecule has 7 N–H and O–H groups in total. The van der Waals surface area contributed by atoms with Gasteiger partial charge < -0.3 is 30.7 Å². The Morgan fingerprint density at radius 3 is 1.55 bits per heavy atom. The molecule has 0 saturated heterocycles. The number of benzene rings is 1. The molecular weight excluding hydrogens is 815 g/mol. The third-order valence-corrected chi connectivity index (χ3v) is 11.2. The Balaban J connectivity index is 0.000000136. The van der Waals surface area contributed by atoms with Gasteiger partial charge in [-0.15, -0.1) is 0 Å². The van der Waals surface area contributed by atoms with Gasteiger partial charge in [0.15, 0.2) is 5.95 Å². The highest BCUT2D eigenvalue weighted by atomic mass is 15.0. The monoisotopic (exact) mass is 886 g/mol. The van der Waals surface area contributed by atoms with Crippen LogP contribution < -0.4 is 5.73 Å². The van der Waals surface area contributed by atoms with Gasteiger partial charge in [-0.3, -0.25) is 15.0 Å². The number of hydrogen-bond donors (Lipinski definition) is 6. The molecule has 0 fully saturated rings. The first kappa shape index (κ1) is 48.7. The van der Waals surface area contributed by atoms with Crippen molar-refractivity contribution in [2.24, 2.45) is 0 Å². The van der Waals surface area contributed by atoms with Crippen LogP contribution in [-0.2, 0) is 27.1 Å². The summed E-state index contributed by atoms with van der Waals surface area (Å²) in [4.78, 5) is 37.4. The minimum Gasteiger partial charge on any atom is -0.369 e. The van der Waals surface area contributed by atoms with Crippen molar-refractivity contribution in [3.8, 4) is 0 Å². The lowest BCUT2D eigenvalue weighted by atomic mass is 9.87. The fourth-order valence-corrected chi connectivity index (χ4v) is 6.97. The summed E-state index contributed by atoms with van der Waals surface area (Å²) in [5, 5.41) is 3.61. The Bertz CT molecular complexity index is 2670. The first-order chi connectivity index (χ1) is 30.8. The minimum absolute atomic E-state index is 0.161. The molecule has 0 aliphatic rings. The van der Waals surface area contributed by atoms with Crippen LogP contribution in [0.3, 0.4) is 0 Å². The lowest BCUT2D eigenvalue weighted by molar-refractivity contribution is 0.574. The predicted octanol–water partition coefficient (Wildman–Crippen LogP) is 13.9. The second-order valence-electron chi connectivity index (χ2n) is 22.1. The van der Waals surface area contributed by atoms with Crippen molar-refractivity contribution in [1.29, 1.82) is 0 Å². The van der Waals surface area contributed by atoms with Crippen molar-refractivity contribution in [2.45, 2.75) is 131 Å². The molecule has 0 spiro atoms. The van der Waals surface area contributed by atoms with Crippen molar-refractivity contribution < 1.29 is 0 Å². The number of rotatable bonds is 0. The van der Waals surface area contributed by atoms with Crippen LogP contribution in [0.2, 0.25) is 0 Å². The van der Waals surface area contributed by atoms with E-state index in [1.54, 1.807) is 0 Å². The van der Waals surface area contributed by atoms with E-state index in [1.165, 1.54) is 50.0 Å². The number of nitrogens with zero attached hydrogens (tertiary/aromatic N) is 5. The first-order valence-corrected chi connectivity index (χ1v) is 22.8. The summed E-state index contributed by atoms with van der Waals surface area (Å²) in [6, 6.07) is 26.9. The molecule has 0 bridgehead atoms. The minimum atomic E-state index is 0.161. The van der Waals surface area contributed by atoms with Crippen molar-refractivity contribution in [3.63, 3.8) is 0 Å². The molecule has 0 aliphatic carbocycles. The van der Waals surface area contributed by atoms with Crippen LogP contribution in [-0.4, -0.2) is 49.8 Å². The highest BCUT2D eigenvalue weighted by Crippen LogP contribution is 2.29. The Morgan fingerprint density at radius 2 is 0.939 bits per heavy atom. The normalized spacial score (nSPS) is 12.2. The number of anilines is 1. The number of fused-ring (bicyclic) bond motifs is 5. The fourth-order valence-electron chi connectivity index (χ4n) is 6.97. The summed E-state index contributed by atoms with van der Waals surface area (Å²) in [6.45, 7) is 32.9. The molecule has 9 aromatic heterocycles. The molecule has 66 heavy (non-hydrogen) atoms. The second kappa shape index (κ2) is 19.0. The van der Waals surface area contributed by atoms with Gasteiger partial charge in [-0.1, -0.05) is 110 Å². The molecule has 0 aliphatic heterocycles. The van der Waals surface area contributed by atoms with Gasteiger partial charge in [-0.2, -0.15) is 0 Å². The number of nitrogen functional groups attached to an aromatic ring is 1. The summed E-state index contributed by atoms with van der Waals surface area (Å²) in [6.07, 6.45) is 11.0. The lowest BCUT2D eigenvalue weighted by Gasteiger charge is -2.18. The van der Waals surface area contributed by atoms with E-state index in [9.17, 15) is 0 Å². The molecule has 0 unspecified atom stereocenters. The molecule has 11 heteroatoms. The highest BCUT2D eigenvalue weighted by molar-refractivity contribution is 5.81. The average molecular weight is 886 g/mol. The zero-order valence-electron chi connectivity index (χ0n) is 41.8. The lowest BCUT2D eigenvalue weighted by Crippen LogP contribution is -2.11. The van der Waals surface area contributed by atoms with Gasteiger partial charge >= 0.3 is 0 Å². The Hall–Kier alpha value is -6.75. The molecular formula is C55H71N11. The van der Waals surface area contributed by atoms with E-state index in [0.29, 0.717) is 5.95 Å². The standard InChI is InChI=1S/C11H15N3.4C11H14N2/c1-11(2,3)7-4-5-8-9(6-7)14-10(12)13-8;1-11(2,3)10-6-8-7-12-5-4-9(8)13-10;1-11(2,3)10-6-8-4-5-12-7-9(8)13-10;1-11(2,3)10-7-9-8(13-10)5-4-6-12-9;1-11(2,3)9-7-8-5-4-6-12-10(8)13-9/h4-6H,1-3H3,(H3,12,13,14);3*4-7,13H,1-3H3;4-7H,1-3H3,(H,12,13). The fraction of sp³-hybridized carbons (Fsp3) is 0.364. The Morgan fingerprint density at radius 1 is 0.394 bits per heavy atom. The van der Waals surface area contributed by atoms with E-state index in [0.717, 1.165) is 33.2 Å². The largest absolute Gasteiger partial charge is 0.369 e. The van der Waals surface area contributed by atoms with E-state index >= 15 is 0 Å². The molecule has 0 radical (unpaired) electrons. The van der Waals surface area contributed by atoms with Crippen LogP contribution in [0.4, 0.5) is 5.95 Å². The molecule has 11 nitrogen and oxygen atoms in total. The molecule has 0 amide bonds. The number of nitrogens with one attached hydrogen (secondary N) is 5. The van der Waals surface area contributed by atoms with Gasteiger partial charge in [0.2, 0.25) is 0 Å². The third-order valence-electron chi connectivity index (χ3n) is 11.2. The van der Waals surface area contributed by atoms with Crippen molar-refractivity contribution in [2.75, 3.05) is 5.73 Å². The van der Waals surface area contributed by atoms with E-state index < -0.39 is 0 Å². The first-order valence-electron chi connectivity index (χ1n) is 22.8. The van der Waals surface area contributed by atoms with Crippen LogP contribution in [0.15, 0.2) is 116 Å². The zero-order chi connectivity index (χ0) is 48.2. The van der Waals surface area contributed by atoms with Crippen molar-refractivity contribution in [3.05, 3.63) is 144 Å². The van der Waals surface area contributed by atoms with E-state index in [1.807, 2.05) is 67.5 Å². The zero-order valence-corrected chi connectivity index (χ0v) is 41.8. The third kappa shape index (κ3) is 12.5. The Labute approximate surface area is 390 Å². The number of aromatic nitrogens is 10. The molecule has 10 rings (SSSR count). The summed E-state index contributed by atoms with van der Waals surface area (Å²) in [7, 11) is 0. The average Bonchev–Trinajstić information content (AvgIpc) is 4.08. The van der Waals surface area contributed by atoms with Gasteiger partial charge in [0.25, 0.3) is 0 Å². The molecule has 0 atom stereocenters. The maximum absolute atomic E-state index is 5.58. The summed E-state index contributed by atoms with van der Waals surface area (Å²) in [5.41, 5.74) is 20.1. The van der Waals surface area contributed by atoms with Gasteiger partial charge in [-0.25, -0.2) is 9.97 Å². The van der Waals surface area contributed by atoms with E-state index in [4.69, 9.17) is 5.73 Å². The van der Waals surface area contributed by atoms with Crippen LogP contribution in [0.5, 0.6) is 0 Å². The maximum atomic E-state index is 5.58. The quantitative estimate of drug-likeness (QED) is 0.0885. The van der Waals surface area contributed by atoms with Gasteiger partial charge in [0, 0.05) is 97.1 Å². The number of aromatic amines is 5. The number of hydrogen-bond acceptors (Lipinski definition) is 6. The number of nitrogens with two attached hydrogens (primary N) is 1. The van der Waals surface area contributed by atoms with Gasteiger partial charge in [0.1, 0.15) is 5.65 Å². The predicted molar refractivity (Wildman–Crippen MR) is 278 cm³/mol. The van der Waals surface area contributed by atoms with Crippen LogP contribution in [0.1, 0.15) is 132 Å². The van der Waals surface area contributed by atoms with Crippen LogP contribution >= 0.6 is 0 Å². The summed E-state index contributed by atoms with van der Waals surface area (Å²) >= 11 is 0. The summed E-state index contributed by atoms with van der Waals surface area (Å²) in [5.74, 6) is 0.478. The Kier molecular flexibility index (Phi) is 14.0.